The second-order valence-electron chi connectivity index (χ2n) is 7.75. The highest BCUT2D eigenvalue weighted by Crippen LogP contribution is 2.38. The fourth-order valence-corrected chi connectivity index (χ4v) is 4.15. The number of carbonyl (C=O) groups excluding carboxylic acids is 1. The first-order chi connectivity index (χ1) is 11.6. The fraction of sp³-hybridized carbons (Fsp3) is 0.778. The van der Waals surface area contributed by atoms with Gasteiger partial charge in [0.25, 0.3) is 0 Å². The van der Waals surface area contributed by atoms with Gasteiger partial charge in [0.1, 0.15) is 12.4 Å². The van der Waals surface area contributed by atoms with Crippen LogP contribution >= 0.6 is 0 Å². The minimum absolute atomic E-state index is 0.152. The number of piperidine rings is 1. The van der Waals surface area contributed by atoms with Crippen LogP contribution in [0, 0.1) is 5.92 Å². The molecule has 4 rings (SSSR count). The Morgan fingerprint density at radius 2 is 2.08 bits per heavy atom. The van der Waals surface area contributed by atoms with Crippen LogP contribution in [0.1, 0.15) is 38.4 Å². The lowest BCUT2D eigenvalue weighted by molar-refractivity contribution is -0.187. The number of amides is 1. The van der Waals surface area contributed by atoms with Gasteiger partial charge < -0.3 is 14.2 Å². The zero-order valence-corrected chi connectivity index (χ0v) is 14.8. The second-order valence-corrected chi connectivity index (χ2v) is 7.75. The van der Waals surface area contributed by atoms with Gasteiger partial charge in [-0.1, -0.05) is 0 Å². The number of likely N-dealkylation sites (tertiary alicyclic amines) is 1. The Morgan fingerprint density at radius 3 is 2.71 bits per heavy atom. The van der Waals surface area contributed by atoms with Crippen LogP contribution in [0.3, 0.4) is 0 Å². The molecule has 0 bridgehead atoms. The highest BCUT2D eigenvalue weighted by molar-refractivity contribution is 5.78. The Morgan fingerprint density at radius 1 is 1.33 bits per heavy atom. The summed E-state index contributed by atoms with van der Waals surface area (Å²) in [5, 5.41) is 0. The monoisotopic (exact) mass is 332 g/mol. The van der Waals surface area contributed by atoms with E-state index in [1.807, 2.05) is 19.4 Å². The fourth-order valence-electron chi connectivity index (χ4n) is 4.15. The molecule has 1 amide bonds. The van der Waals surface area contributed by atoms with Gasteiger partial charge >= 0.3 is 0 Å². The maximum Gasteiger partial charge on any atom is 0.248 e. The molecule has 1 aliphatic carbocycles. The Balaban J connectivity index is 1.39. The Hall–Kier alpha value is -1.40. The molecule has 24 heavy (non-hydrogen) atoms. The number of hydrogen-bond acceptors (Lipinski definition) is 4. The molecular weight excluding hydrogens is 304 g/mol. The number of aromatic nitrogens is 2. The lowest BCUT2D eigenvalue weighted by atomic mass is 9.82. The van der Waals surface area contributed by atoms with Gasteiger partial charge in [0.15, 0.2) is 0 Å². The number of aryl methyl sites for hydroxylation is 1. The molecule has 1 saturated carbocycles. The molecule has 132 valence electrons. The average Bonchev–Trinajstić information content (AvgIpc) is 3.32. The Kier molecular flexibility index (Phi) is 4.12. The van der Waals surface area contributed by atoms with Crippen molar-refractivity contribution in [3.8, 4) is 0 Å². The van der Waals surface area contributed by atoms with E-state index in [1.165, 1.54) is 12.8 Å². The molecule has 1 spiro atoms. The SMILES string of the molecule is CC1N(CC2CC2)C(=O)COC12CCN(Cc1nccn1C)CC2. The lowest BCUT2D eigenvalue weighted by Gasteiger charge is -2.51. The van der Waals surface area contributed by atoms with E-state index < -0.39 is 0 Å². The molecule has 6 heteroatoms. The van der Waals surface area contributed by atoms with E-state index >= 15 is 0 Å². The van der Waals surface area contributed by atoms with E-state index in [1.54, 1.807) is 0 Å². The summed E-state index contributed by atoms with van der Waals surface area (Å²) in [5.74, 6) is 2.01. The maximum absolute atomic E-state index is 12.3. The maximum atomic E-state index is 12.3. The van der Waals surface area contributed by atoms with Crippen LogP contribution in [-0.4, -0.2) is 63.1 Å². The third-order valence-corrected chi connectivity index (χ3v) is 6.17. The van der Waals surface area contributed by atoms with Crippen LogP contribution in [-0.2, 0) is 23.1 Å². The summed E-state index contributed by atoms with van der Waals surface area (Å²) in [7, 11) is 2.04. The predicted octanol–water partition coefficient (Wildman–Crippen LogP) is 1.41. The predicted molar refractivity (Wildman–Crippen MR) is 90.3 cm³/mol. The minimum atomic E-state index is -0.152. The molecule has 0 N–H and O–H groups in total. The summed E-state index contributed by atoms with van der Waals surface area (Å²) in [6.07, 6.45) is 8.40. The molecule has 0 radical (unpaired) electrons. The number of morpholine rings is 1. The van der Waals surface area contributed by atoms with Crippen molar-refractivity contribution in [2.45, 2.75) is 50.8 Å². The number of ether oxygens (including phenoxy) is 1. The summed E-state index contributed by atoms with van der Waals surface area (Å²) >= 11 is 0. The summed E-state index contributed by atoms with van der Waals surface area (Å²) in [4.78, 5) is 21.3. The van der Waals surface area contributed by atoms with Crippen LogP contribution in [0.15, 0.2) is 12.4 Å². The van der Waals surface area contributed by atoms with Crippen molar-refractivity contribution in [2.24, 2.45) is 13.0 Å². The van der Waals surface area contributed by atoms with Gasteiger partial charge in [0.2, 0.25) is 5.91 Å². The van der Waals surface area contributed by atoms with Gasteiger partial charge in [0, 0.05) is 39.1 Å². The number of carbonyl (C=O) groups is 1. The highest BCUT2D eigenvalue weighted by atomic mass is 16.5. The molecular formula is C18H28N4O2. The summed E-state index contributed by atoms with van der Waals surface area (Å²) in [6.45, 7) is 6.27. The van der Waals surface area contributed by atoms with Crippen molar-refractivity contribution in [3.05, 3.63) is 18.2 Å². The van der Waals surface area contributed by atoms with Gasteiger partial charge in [-0.15, -0.1) is 0 Å². The molecule has 1 atom stereocenters. The summed E-state index contributed by atoms with van der Waals surface area (Å²) in [5.41, 5.74) is -0.152. The third-order valence-electron chi connectivity index (χ3n) is 6.17. The van der Waals surface area contributed by atoms with Crippen molar-refractivity contribution in [3.63, 3.8) is 0 Å². The molecule has 6 nitrogen and oxygen atoms in total. The van der Waals surface area contributed by atoms with Crippen LogP contribution in [0.4, 0.5) is 0 Å². The number of rotatable bonds is 4. The van der Waals surface area contributed by atoms with Crippen molar-refractivity contribution < 1.29 is 9.53 Å². The molecule has 2 saturated heterocycles. The van der Waals surface area contributed by atoms with Gasteiger partial charge in [-0.05, 0) is 38.5 Å². The highest BCUT2D eigenvalue weighted by Gasteiger charge is 2.48. The number of hydrogen-bond donors (Lipinski definition) is 0. The van der Waals surface area contributed by atoms with E-state index in [4.69, 9.17) is 4.74 Å². The van der Waals surface area contributed by atoms with E-state index in [-0.39, 0.29) is 24.2 Å². The van der Waals surface area contributed by atoms with Crippen LogP contribution in [0.5, 0.6) is 0 Å². The average molecular weight is 332 g/mol. The number of imidazole rings is 1. The van der Waals surface area contributed by atoms with Gasteiger partial charge in [-0.2, -0.15) is 0 Å². The molecule has 0 aromatic carbocycles. The van der Waals surface area contributed by atoms with Crippen LogP contribution < -0.4 is 0 Å². The van der Waals surface area contributed by atoms with Crippen molar-refractivity contribution >= 4 is 5.91 Å². The van der Waals surface area contributed by atoms with Crippen molar-refractivity contribution in [1.82, 2.24) is 19.4 Å². The second kappa shape index (κ2) is 6.15. The van der Waals surface area contributed by atoms with Crippen LogP contribution in [0.2, 0.25) is 0 Å². The minimum Gasteiger partial charge on any atom is -0.363 e. The van der Waals surface area contributed by atoms with Crippen molar-refractivity contribution in [1.29, 1.82) is 0 Å². The molecule has 1 unspecified atom stereocenters. The first-order valence-electron chi connectivity index (χ1n) is 9.19. The molecule has 3 fully saturated rings. The number of nitrogens with zero attached hydrogens (tertiary/aromatic N) is 4. The third kappa shape index (κ3) is 2.97. The van der Waals surface area contributed by atoms with Crippen molar-refractivity contribution in [2.75, 3.05) is 26.2 Å². The topological polar surface area (TPSA) is 50.6 Å². The first-order valence-corrected chi connectivity index (χ1v) is 9.19. The first kappa shape index (κ1) is 16.1. The van der Waals surface area contributed by atoms with Gasteiger partial charge in [-0.3, -0.25) is 9.69 Å². The van der Waals surface area contributed by atoms with Gasteiger partial charge in [0.05, 0.1) is 18.2 Å². The molecule has 2 aliphatic heterocycles. The smallest absolute Gasteiger partial charge is 0.248 e. The van der Waals surface area contributed by atoms with E-state index in [9.17, 15) is 4.79 Å². The molecule has 3 aliphatic rings. The largest absolute Gasteiger partial charge is 0.363 e. The Bertz CT molecular complexity index is 602. The zero-order valence-electron chi connectivity index (χ0n) is 14.8. The standard InChI is InChI=1S/C18H28N4O2/c1-14-18(24-13-17(23)22(14)11-15-3-4-15)5-8-21(9-6-18)12-16-19-7-10-20(16)2/h7,10,14-15H,3-6,8-9,11-13H2,1-2H3. The lowest BCUT2D eigenvalue weighted by Crippen LogP contribution is -2.64. The Labute approximate surface area is 143 Å². The van der Waals surface area contributed by atoms with Crippen LogP contribution in [0.25, 0.3) is 0 Å². The summed E-state index contributed by atoms with van der Waals surface area (Å²) in [6, 6.07) is 0.190. The van der Waals surface area contributed by atoms with E-state index in [0.717, 1.165) is 50.8 Å². The molecule has 1 aromatic rings. The van der Waals surface area contributed by atoms with E-state index in [2.05, 4.69) is 26.3 Å². The quantitative estimate of drug-likeness (QED) is 0.837. The van der Waals surface area contributed by atoms with Gasteiger partial charge in [-0.25, -0.2) is 4.98 Å². The molecule has 3 heterocycles. The zero-order chi connectivity index (χ0) is 16.7. The normalized spacial score (nSPS) is 27.8. The molecule has 1 aromatic heterocycles. The van der Waals surface area contributed by atoms with E-state index in [0.29, 0.717) is 0 Å². The summed E-state index contributed by atoms with van der Waals surface area (Å²) < 4.78 is 8.22.